The van der Waals surface area contributed by atoms with Gasteiger partial charge < -0.3 is 5.32 Å². The van der Waals surface area contributed by atoms with E-state index in [4.69, 9.17) is 0 Å². The number of sulfonamides is 1. The number of nitrogens with zero attached hydrogens (tertiary/aromatic N) is 1. The molecule has 0 saturated carbocycles. The SMILES string of the molecule is CC(=O)NCCc1ccc(C(=O)CN2c3cccc4cccc(c34)S2(=O)=O)cc1F. The van der Waals surface area contributed by atoms with Crippen molar-refractivity contribution in [3.63, 3.8) is 0 Å². The molecule has 0 spiro atoms. The van der Waals surface area contributed by atoms with E-state index in [1.165, 1.54) is 25.1 Å². The first kappa shape index (κ1) is 20.0. The van der Waals surface area contributed by atoms with Crippen molar-refractivity contribution in [2.45, 2.75) is 18.2 Å². The summed E-state index contributed by atoms with van der Waals surface area (Å²) in [6.45, 7) is 1.25. The van der Waals surface area contributed by atoms with Gasteiger partial charge in [0.25, 0.3) is 10.0 Å². The van der Waals surface area contributed by atoms with Crippen molar-refractivity contribution in [3.05, 3.63) is 71.5 Å². The van der Waals surface area contributed by atoms with Gasteiger partial charge in [-0.15, -0.1) is 0 Å². The molecule has 30 heavy (non-hydrogen) atoms. The minimum atomic E-state index is -3.86. The molecule has 3 aromatic carbocycles. The number of amides is 1. The third kappa shape index (κ3) is 3.43. The molecule has 4 rings (SSSR count). The third-order valence-electron chi connectivity index (χ3n) is 5.11. The molecule has 8 heteroatoms. The summed E-state index contributed by atoms with van der Waals surface area (Å²) in [5.74, 6) is -1.28. The summed E-state index contributed by atoms with van der Waals surface area (Å²) >= 11 is 0. The van der Waals surface area contributed by atoms with E-state index in [0.29, 0.717) is 16.6 Å². The lowest BCUT2D eigenvalue weighted by molar-refractivity contribution is -0.118. The zero-order chi connectivity index (χ0) is 21.5. The molecule has 0 unspecified atom stereocenters. The number of ketones is 1. The lowest BCUT2D eigenvalue weighted by Crippen LogP contribution is -2.32. The van der Waals surface area contributed by atoms with Gasteiger partial charge in [0.2, 0.25) is 5.91 Å². The zero-order valence-corrected chi connectivity index (χ0v) is 17.0. The maximum Gasteiger partial charge on any atom is 0.265 e. The number of rotatable bonds is 6. The monoisotopic (exact) mass is 426 g/mol. The molecule has 0 bridgehead atoms. The van der Waals surface area contributed by atoms with Crippen LogP contribution < -0.4 is 9.62 Å². The number of carbonyl (C=O) groups is 2. The van der Waals surface area contributed by atoms with Crippen LogP contribution in [-0.4, -0.2) is 33.2 Å². The Balaban J connectivity index is 1.58. The molecule has 1 aliphatic heterocycles. The molecule has 0 aliphatic carbocycles. The maximum atomic E-state index is 14.4. The summed E-state index contributed by atoms with van der Waals surface area (Å²) in [5, 5.41) is 3.95. The van der Waals surface area contributed by atoms with Crippen LogP contribution in [0.2, 0.25) is 0 Å². The maximum absolute atomic E-state index is 14.4. The first-order valence-corrected chi connectivity index (χ1v) is 10.8. The third-order valence-corrected chi connectivity index (χ3v) is 6.91. The van der Waals surface area contributed by atoms with Crippen molar-refractivity contribution in [1.29, 1.82) is 0 Å². The minimum Gasteiger partial charge on any atom is -0.356 e. The van der Waals surface area contributed by atoms with Gasteiger partial charge >= 0.3 is 0 Å². The topological polar surface area (TPSA) is 83.6 Å². The number of benzene rings is 3. The highest BCUT2D eigenvalue weighted by atomic mass is 32.2. The average Bonchev–Trinajstić information content (AvgIpc) is 2.92. The summed E-state index contributed by atoms with van der Waals surface area (Å²) in [6, 6.07) is 14.3. The predicted molar refractivity (Wildman–Crippen MR) is 112 cm³/mol. The number of hydrogen-bond donors (Lipinski definition) is 1. The van der Waals surface area contributed by atoms with Crippen LogP contribution in [-0.2, 0) is 21.2 Å². The highest BCUT2D eigenvalue weighted by molar-refractivity contribution is 7.93. The summed E-state index contributed by atoms with van der Waals surface area (Å²) < 4.78 is 41.5. The lowest BCUT2D eigenvalue weighted by Gasteiger charge is -2.18. The molecule has 6 nitrogen and oxygen atoms in total. The molecule has 1 heterocycles. The second-order valence-electron chi connectivity index (χ2n) is 7.11. The van der Waals surface area contributed by atoms with Crippen LogP contribution in [0.25, 0.3) is 10.8 Å². The van der Waals surface area contributed by atoms with Crippen molar-refractivity contribution in [3.8, 4) is 0 Å². The van der Waals surface area contributed by atoms with Crippen LogP contribution in [0.3, 0.4) is 0 Å². The van der Waals surface area contributed by atoms with E-state index in [0.717, 1.165) is 15.8 Å². The molecule has 1 amide bonds. The summed E-state index contributed by atoms with van der Waals surface area (Å²) in [6.07, 6.45) is 0.289. The fraction of sp³-hybridized carbons (Fsp3) is 0.182. The second-order valence-corrected chi connectivity index (χ2v) is 8.94. The number of anilines is 1. The van der Waals surface area contributed by atoms with Crippen LogP contribution in [0.15, 0.2) is 59.5 Å². The molecule has 1 aliphatic rings. The zero-order valence-electron chi connectivity index (χ0n) is 16.2. The predicted octanol–water partition coefficient (Wildman–Crippen LogP) is 3.05. The molecule has 0 fully saturated rings. The smallest absolute Gasteiger partial charge is 0.265 e. The van der Waals surface area contributed by atoms with Gasteiger partial charge in [0.05, 0.1) is 17.1 Å². The van der Waals surface area contributed by atoms with E-state index in [2.05, 4.69) is 5.32 Å². The van der Waals surface area contributed by atoms with Crippen molar-refractivity contribution < 1.29 is 22.4 Å². The Morgan fingerprint density at radius 1 is 1.07 bits per heavy atom. The molecule has 154 valence electrons. The number of hydrogen-bond acceptors (Lipinski definition) is 4. The molecule has 1 N–H and O–H groups in total. The van der Waals surface area contributed by atoms with Gasteiger partial charge in [-0.3, -0.25) is 13.9 Å². The molecule has 3 aromatic rings. The van der Waals surface area contributed by atoms with Crippen molar-refractivity contribution >= 4 is 38.2 Å². The molecule has 0 saturated heterocycles. The summed E-state index contributed by atoms with van der Waals surface area (Å²) in [4.78, 5) is 23.9. The Hall–Kier alpha value is -3.26. The largest absolute Gasteiger partial charge is 0.356 e. The molecular weight excluding hydrogens is 407 g/mol. The van der Waals surface area contributed by atoms with Crippen LogP contribution in [0, 0.1) is 5.82 Å². The Morgan fingerprint density at radius 2 is 1.80 bits per heavy atom. The normalized spacial score (nSPS) is 14.1. The van der Waals surface area contributed by atoms with E-state index < -0.39 is 28.2 Å². The van der Waals surface area contributed by atoms with E-state index in [1.54, 1.807) is 18.2 Å². The van der Waals surface area contributed by atoms with E-state index in [1.807, 2.05) is 12.1 Å². The summed E-state index contributed by atoms with van der Waals surface area (Å²) in [7, 11) is -3.86. The van der Waals surface area contributed by atoms with Gasteiger partial charge in [0.1, 0.15) is 5.82 Å². The van der Waals surface area contributed by atoms with E-state index in [-0.39, 0.29) is 29.3 Å². The minimum absolute atomic E-state index is 0.0918. The standard InChI is InChI=1S/C22H19FN2O4S/c1-14(26)24-11-10-15-8-9-17(12-18(15)23)20(27)13-25-19-6-2-4-16-5-3-7-21(22(16)19)30(25,28)29/h2-9,12H,10-11,13H2,1H3,(H,24,26). The fourth-order valence-electron chi connectivity index (χ4n) is 3.65. The number of halogens is 1. The van der Waals surface area contributed by atoms with Crippen LogP contribution >= 0.6 is 0 Å². The number of nitrogens with one attached hydrogen (secondary N) is 1. The number of Topliss-reactive ketones (excluding diaryl/α,β-unsaturated/α-hetero) is 1. The van der Waals surface area contributed by atoms with Gasteiger partial charge in [0, 0.05) is 24.4 Å². The van der Waals surface area contributed by atoms with Crippen molar-refractivity contribution in [2.75, 3.05) is 17.4 Å². The molecule has 0 aromatic heterocycles. The van der Waals surface area contributed by atoms with E-state index >= 15 is 0 Å². The molecule has 0 radical (unpaired) electrons. The van der Waals surface area contributed by atoms with Crippen LogP contribution in [0.5, 0.6) is 0 Å². The lowest BCUT2D eigenvalue weighted by atomic mass is 10.0. The van der Waals surface area contributed by atoms with Gasteiger partial charge in [-0.25, -0.2) is 12.8 Å². The van der Waals surface area contributed by atoms with Crippen molar-refractivity contribution in [1.82, 2.24) is 5.32 Å². The Bertz CT molecular complexity index is 1280. The number of carbonyl (C=O) groups excluding carboxylic acids is 2. The Morgan fingerprint density at radius 3 is 2.50 bits per heavy atom. The first-order chi connectivity index (χ1) is 14.3. The summed E-state index contributed by atoms with van der Waals surface area (Å²) in [5.41, 5.74) is 0.907. The quantitative estimate of drug-likeness (QED) is 0.614. The van der Waals surface area contributed by atoms with Gasteiger partial charge in [-0.1, -0.05) is 36.4 Å². The average molecular weight is 426 g/mol. The molecular formula is C22H19FN2O4S. The van der Waals surface area contributed by atoms with Gasteiger partial charge in [-0.2, -0.15) is 0 Å². The first-order valence-electron chi connectivity index (χ1n) is 9.39. The van der Waals surface area contributed by atoms with Gasteiger partial charge in [-0.05, 0) is 35.6 Å². The van der Waals surface area contributed by atoms with Crippen LogP contribution in [0.1, 0.15) is 22.8 Å². The highest BCUT2D eigenvalue weighted by Crippen LogP contribution is 2.41. The second kappa shape index (κ2) is 7.53. The molecule has 0 atom stereocenters. The van der Waals surface area contributed by atoms with Gasteiger partial charge in [0.15, 0.2) is 5.78 Å². The Kier molecular flexibility index (Phi) is 5.03. The Labute approximate surface area is 173 Å². The van der Waals surface area contributed by atoms with Crippen molar-refractivity contribution in [2.24, 2.45) is 0 Å². The fourth-order valence-corrected chi connectivity index (χ4v) is 5.31. The van der Waals surface area contributed by atoms with E-state index in [9.17, 15) is 22.4 Å². The highest BCUT2D eigenvalue weighted by Gasteiger charge is 2.36. The van der Waals surface area contributed by atoms with Crippen LogP contribution in [0.4, 0.5) is 10.1 Å².